The molecule has 236 valence electrons. The number of ether oxygens (including phenoxy) is 2. The number of hydrogen-bond acceptors (Lipinski definition) is 8. The van der Waals surface area contributed by atoms with Crippen LogP contribution in [0.4, 0.5) is 11.4 Å². The summed E-state index contributed by atoms with van der Waals surface area (Å²) >= 11 is 0. The highest BCUT2D eigenvalue weighted by atomic mass is 16.5. The molecule has 4 rings (SSSR count). The lowest BCUT2D eigenvalue weighted by atomic mass is 10.2. The highest BCUT2D eigenvalue weighted by Crippen LogP contribution is 2.16. The van der Waals surface area contributed by atoms with E-state index in [1.807, 2.05) is 0 Å². The first-order valence-corrected chi connectivity index (χ1v) is 14.4. The van der Waals surface area contributed by atoms with Crippen molar-refractivity contribution in [2.24, 2.45) is 0 Å². The van der Waals surface area contributed by atoms with Gasteiger partial charge in [-0.15, -0.1) is 0 Å². The van der Waals surface area contributed by atoms with Crippen LogP contribution in [0.25, 0.3) is 0 Å². The Morgan fingerprint density at radius 3 is 1.04 bits per heavy atom. The molecule has 10 nitrogen and oxygen atoms in total. The number of aromatic carboxylic acids is 2. The number of esters is 2. The summed E-state index contributed by atoms with van der Waals surface area (Å²) in [6.45, 7) is 4.49. The van der Waals surface area contributed by atoms with Gasteiger partial charge in [-0.05, 0) is 97.1 Å². The van der Waals surface area contributed by atoms with Crippen molar-refractivity contribution in [1.82, 2.24) is 0 Å². The molecule has 10 heteroatoms. The number of nitrogen functional groups attached to an aromatic ring is 2. The summed E-state index contributed by atoms with van der Waals surface area (Å²) in [7, 11) is 0. The van der Waals surface area contributed by atoms with Gasteiger partial charge in [-0.1, -0.05) is 46.0 Å². The van der Waals surface area contributed by atoms with Gasteiger partial charge in [0.25, 0.3) is 0 Å². The van der Waals surface area contributed by atoms with Crippen LogP contribution < -0.4 is 20.9 Å². The molecule has 0 atom stereocenters. The maximum Gasteiger partial charge on any atom is 0.343 e. The van der Waals surface area contributed by atoms with Crippen LogP contribution in [0.2, 0.25) is 0 Å². The maximum atomic E-state index is 11.8. The number of carbonyl (C=O) groups is 4. The maximum absolute atomic E-state index is 11.8. The number of carboxylic acids is 2. The predicted molar refractivity (Wildman–Crippen MR) is 173 cm³/mol. The van der Waals surface area contributed by atoms with Crippen molar-refractivity contribution in [2.45, 2.75) is 46.0 Å². The van der Waals surface area contributed by atoms with Gasteiger partial charge in [0, 0.05) is 11.4 Å². The number of rotatable bonds is 10. The molecular weight excluding hydrogens is 576 g/mol. The standard InChI is InChI=1S/2C14H11NO4.C7H16/c2*15-11-5-1-10(2-6-11)14(18)19-12-7-3-9(4-8-12)13(16)17;1-3-5-7-6-4-2/h2*1-8H,15H2,(H,16,17);3-7H2,1-2H3. The quantitative estimate of drug-likeness (QED) is 0.0610. The zero-order valence-corrected chi connectivity index (χ0v) is 25.3. The molecule has 0 amide bonds. The summed E-state index contributed by atoms with van der Waals surface area (Å²) in [4.78, 5) is 44.9. The molecule has 0 aliphatic carbocycles. The average Bonchev–Trinajstić information content (AvgIpc) is 3.03. The molecule has 0 bridgehead atoms. The van der Waals surface area contributed by atoms with E-state index in [-0.39, 0.29) is 22.6 Å². The first-order chi connectivity index (χ1) is 21.5. The summed E-state index contributed by atoms with van der Waals surface area (Å²) in [5, 5.41) is 17.5. The molecule has 0 saturated heterocycles. The number of nitrogens with two attached hydrogens (primary N) is 2. The van der Waals surface area contributed by atoms with E-state index < -0.39 is 23.9 Å². The second-order valence-corrected chi connectivity index (χ2v) is 9.74. The molecule has 0 aromatic heterocycles. The van der Waals surface area contributed by atoms with Crippen LogP contribution in [0.5, 0.6) is 11.5 Å². The van der Waals surface area contributed by atoms with Crippen molar-refractivity contribution >= 4 is 35.3 Å². The van der Waals surface area contributed by atoms with E-state index in [2.05, 4.69) is 13.8 Å². The number of carboxylic acid groups (broad SMARTS) is 2. The monoisotopic (exact) mass is 614 g/mol. The van der Waals surface area contributed by atoms with Crippen LogP contribution >= 0.6 is 0 Å². The fraction of sp³-hybridized carbons (Fsp3) is 0.200. The molecule has 0 saturated carbocycles. The number of unbranched alkanes of at least 4 members (excludes halogenated alkanes) is 4. The van der Waals surface area contributed by atoms with Gasteiger partial charge in [0.1, 0.15) is 11.5 Å². The number of carbonyl (C=O) groups excluding carboxylic acids is 2. The number of hydrogen-bond donors (Lipinski definition) is 4. The normalized spacial score (nSPS) is 9.82. The van der Waals surface area contributed by atoms with Gasteiger partial charge in [0.15, 0.2) is 0 Å². The Morgan fingerprint density at radius 2 is 0.778 bits per heavy atom. The minimum Gasteiger partial charge on any atom is -0.478 e. The number of benzene rings is 4. The summed E-state index contributed by atoms with van der Waals surface area (Å²) < 4.78 is 10.2. The van der Waals surface area contributed by atoms with Gasteiger partial charge in [0.05, 0.1) is 22.3 Å². The van der Waals surface area contributed by atoms with Crippen LogP contribution in [0.1, 0.15) is 87.4 Å². The molecule has 0 aliphatic heterocycles. The van der Waals surface area contributed by atoms with Gasteiger partial charge in [0.2, 0.25) is 0 Å². The van der Waals surface area contributed by atoms with Crippen LogP contribution in [-0.4, -0.2) is 34.1 Å². The lowest BCUT2D eigenvalue weighted by Gasteiger charge is -2.04. The van der Waals surface area contributed by atoms with Gasteiger partial charge in [-0.2, -0.15) is 0 Å². The molecule has 4 aromatic rings. The third-order valence-corrected chi connectivity index (χ3v) is 6.12. The van der Waals surface area contributed by atoms with E-state index >= 15 is 0 Å². The van der Waals surface area contributed by atoms with Crippen molar-refractivity contribution < 1.29 is 38.9 Å². The van der Waals surface area contributed by atoms with Crippen molar-refractivity contribution in [3.05, 3.63) is 119 Å². The Kier molecular flexibility index (Phi) is 14.9. The van der Waals surface area contributed by atoms with Crippen molar-refractivity contribution in [3.8, 4) is 11.5 Å². The zero-order chi connectivity index (χ0) is 33.2. The van der Waals surface area contributed by atoms with Crippen LogP contribution in [0.3, 0.4) is 0 Å². The van der Waals surface area contributed by atoms with E-state index in [9.17, 15) is 19.2 Å². The molecule has 0 fully saturated rings. The van der Waals surface area contributed by atoms with Gasteiger partial charge in [-0.3, -0.25) is 0 Å². The van der Waals surface area contributed by atoms with Crippen molar-refractivity contribution in [3.63, 3.8) is 0 Å². The van der Waals surface area contributed by atoms with Crippen molar-refractivity contribution in [2.75, 3.05) is 11.5 Å². The summed E-state index contributed by atoms with van der Waals surface area (Å²) in [6, 6.07) is 23.8. The third kappa shape index (κ3) is 13.0. The zero-order valence-electron chi connectivity index (χ0n) is 25.3. The summed E-state index contributed by atoms with van der Waals surface area (Å²) in [5.41, 5.74) is 13.2. The summed E-state index contributed by atoms with van der Waals surface area (Å²) in [5.74, 6) is -2.54. The summed E-state index contributed by atoms with van der Waals surface area (Å²) in [6.07, 6.45) is 7.01. The minimum atomic E-state index is -1.03. The fourth-order valence-electron chi connectivity index (χ4n) is 3.58. The molecule has 0 aliphatic rings. The molecule has 0 heterocycles. The smallest absolute Gasteiger partial charge is 0.343 e. The molecule has 0 radical (unpaired) electrons. The number of anilines is 2. The highest BCUT2D eigenvalue weighted by molar-refractivity contribution is 5.92. The largest absolute Gasteiger partial charge is 0.478 e. The Labute approximate surface area is 262 Å². The lowest BCUT2D eigenvalue weighted by molar-refractivity contribution is 0.0685. The van der Waals surface area contributed by atoms with E-state index in [0.29, 0.717) is 22.5 Å². The topological polar surface area (TPSA) is 179 Å². The van der Waals surface area contributed by atoms with Gasteiger partial charge in [-0.25, -0.2) is 19.2 Å². The fourth-order valence-corrected chi connectivity index (χ4v) is 3.58. The Hall–Kier alpha value is -5.64. The predicted octanol–water partition coefficient (Wildman–Crippen LogP) is 7.35. The molecule has 45 heavy (non-hydrogen) atoms. The van der Waals surface area contributed by atoms with Crippen molar-refractivity contribution in [1.29, 1.82) is 0 Å². The van der Waals surface area contributed by atoms with E-state index in [1.165, 1.54) is 80.6 Å². The Morgan fingerprint density at radius 1 is 0.489 bits per heavy atom. The first kappa shape index (κ1) is 35.6. The average molecular weight is 615 g/mol. The van der Waals surface area contributed by atoms with Crippen LogP contribution in [0.15, 0.2) is 97.1 Å². The van der Waals surface area contributed by atoms with E-state index in [1.54, 1.807) is 48.5 Å². The first-order valence-electron chi connectivity index (χ1n) is 14.4. The minimum absolute atomic E-state index is 0.132. The Bertz CT molecular complexity index is 1400. The lowest BCUT2D eigenvalue weighted by Crippen LogP contribution is -2.08. The third-order valence-electron chi connectivity index (χ3n) is 6.12. The molecule has 6 N–H and O–H groups in total. The van der Waals surface area contributed by atoms with E-state index in [0.717, 1.165) is 0 Å². The van der Waals surface area contributed by atoms with Gasteiger partial charge < -0.3 is 31.2 Å². The second kappa shape index (κ2) is 18.8. The Balaban J connectivity index is 0.000000260. The second-order valence-electron chi connectivity index (χ2n) is 9.74. The molecule has 0 unspecified atom stereocenters. The molecular formula is C35H38N2O8. The van der Waals surface area contributed by atoms with Crippen LogP contribution in [0, 0.1) is 0 Å². The van der Waals surface area contributed by atoms with E-state index in [4.69, 9.17) is 31.2 Å². The highest BCUT2D eigenvalue weighted by Gasteiger charge is 2.10. The van der Waals surface area contributed by atoms with Crippen LogP contribution in [-0.2, 0) is 0 Å². The van der Waals surface area contributed by atoms with Gasteiger partial charge >= 0.3 is 23.9 Å². The molecule has 0 spiro atoms. The SMILES string of the molecule is CCCCCCC.Nc1ccc(C(=O)Oc2ccc(C(=O)O)cc2)cc1.Nc1ccc(C(=O)Oc2ccc(C(=O)O)cc2)cc1. The molecule has 4 aromatic carbocycles.